The Labute approximate surface area is 194 Å². The van der Waals surface area contributed by atoms with Crippen LogP contribution < -0.4 is 5.69 Å². The van der Waals surface area contributed by atoms with Gasteiger partial charge >= 0.3 is 5.69 Å². The molecule has 172 valence electrons. The zero-order valence-electron chi connectivity index (χ0n) is 19.7. The first-order valence-corrected chi connectivity index (χ1v) is 11.3. The molecule has 0 aliphatic carbocycles. The van der Waals surface area contributed by atoms with Gasteiger partial charge in [0.15, 0.2) is 0 Å². The van der Waals surface area contributed by atoms with Crippen molar-refractivity contribution in [2.45, 2.75) is 32.4 Å². The minimum absolute atomic E-state index is 0.0208. The van der Waals surface area contributed by atoms with Gasteiger partial charge in [-0.05, 0) is 49.1 Å². The predicted molar refractivity (Wildman–Crippen MR) is 130 cm³/mol. The van der Waals surface area contributed by atoms with E-state index in [9.17, 15) is 9.59 Å². The fourth-order valence-corrected chi connectivity index (χ4v) is 4.25. The summed E-state index contributed by atoms with van der Waals surface area (Å²) in [4.78, 5) is 29.4. The molecule has 0 radical (unpaired) electrons. The lowest BCUT2D eigenvalue weighted by atomic mass is 9.96. The number of amides is 1. The first kappa shape index (κ1) is 22.7. The van der Waals surface area contributed by atoms with Gasteiger partial charge in [-0.25, -0.2) is 14.0 Å². The quantitative estimate of drug-likeness (QED) is 0.582. The molecule has 2 aromatic carbocycles. The number of aromatic nitrogens is 3. The van der Waals surface area contributed by atoms with Crippen molar-refractivity contribution in [2.75, 3.05) is 27.2 Å². The molecule has 0 N–H and O–H groups in total. The number of carbonyl (C=O) groups excluding carboxylic acids is 1. The topological polar surface area (TPSA) is 63.4 Å². The molecule has 3 aromatic rings. The molecule has 0 spiro atoms. The van der Waals surface area contributed by atoms with Crippen LogP contribution >= 0.6 is 0 Å². The Kier molecular flexibility index (Phi) is 6.60. The molecule has 1 unspecified atom stereocenters. The van der Waals surface area contributed by atoms with E-state index in [0.29, 0.717) is 6.54 Å². The molecule has 1 aliphatic heterocycles. The van der Waals surface area contributed by atoms with Crippen molar-refractivity contribution in [3.8, 4) is 5.69 Å². The lowest BCUT2D eigenvalue weighted by Crippen LogP contribution is -2.42. The van der Waals surface area contributed by atoms with E-state index >= 15 is 0 Å². The van der Waals surface area contributed by atoms with Crippen LogP contribution in [0.2, 0.25) is 0 Å². The summed E-state index contributed by atoms with van der Waals surface area (Å²) < 4.78 is 3.04. The third kappa shape index (κ3) is 4.68. The summed E-state index contributed by atoms with van der Waals surface area (Å²) in [5.74, 6) is 0.0924. The van der Waals surface area contributed by atoms with E-state index in [1.165, 1.54) is 10.3 Å². The van der Waals surface area contributed by atoms with Crippen molar-refractivity contribution in [2.24, 2.45) is 0 Å². The SMILES string of the molecule is CC(C)n1ncn(-c2ccc(C3=CCN(C(C(=O)N(C)C)c4ccccc4)CC3)cc2)c1=O. The predicted octanol–water partition coefficient (Wildman–Crippen LogP) is 3.53. The summed E-state index contributed by atoms with van der Waals surface area (Å²) in [5, 5.41) is 4.20. The highest BCUT2D eigenvalue weighted by atomic mass is 16.2. The Morgan fingerprint density at radius 1 is 1.03 bits per heavy atom. The number of hydrogen-bond acceptors (Lipinski definition) is 4. The minimum Gasteiger partial charge on any atom is -0.347 e. The van der Waals surface area contributed by atoms with Crippen LogP contribution in [0.4, 0.5) is 0 Å². The fraction of sp³-hybridized carbons (Fsp3) is 0.346. The maximum Gasteiger partial charge on any atom is 0.350 e. The first-order chi connectivity index (χ1) is 15.9. The maximum atomic E-state index is 13.0. The molecule has 2 heterocycles. The van der Waals surface area contributed by atoms with E-state index in [1.54, 1.807) is 29.9 Å². The van der Waals surface area contributed by atoms with Gasteiger partial charge < -0.3 is 4.90 Å². The first-order valence-electron chi connectivity index (χ1n) is 11.3. The Balaban J connectivity index is 1.52. The number of rotatable bonds is 6. The summed E-state index contributed by atoms with van der Waals surface area (Å²) in [6.07, 6.45) is 4.63. The zero-order valence-corrected chi connectivity index (χ0v) is 19.7. The highest BCUT2D eigenvalue weighted by Gasteiger charge is 2.30. The number of benzene rings is 2. The average molecular weight is 446 g/mol. The van der Waals surface area contributed by atoms with Crippen LogP contribution in [0.5, 0.6) is 0 Å². The molecule has 4 rings (SSSR count). The number of nitrogens with zero attached hydrogens (tertiary/aromatic N) is 5. The van der Waals surface area contributed by atoms with E-state index in [-0.39, 0.29) is 23.7 Å². The maximum absolute atomic E-state index is 13.0. The standard InChI is InChI=1S/C26H31N5O2/c1-19(2)31-26(33)30(18-27-31)23-12-10-20(11-13-23)21-14-16-29(17-15-21)24(25(32)28(3)4)22-8-6-5-7-9-22/h5-14,18-19,24H,15-17H2,1-4H3. The molecule has 0 fully saturated rings. The van der Waals surface area contributed by atoms with Crippen molar-refractivity contribution in [3.63, 3.8) is 0 Å². The van der Waals surface area contributed by atoms with Gasteiger partial charge in [0.2, 0.25) is 5.91 Å². The summed E-state index contributed by atoms with van der Waals surface area (Å²) in [6.45, 7) is 5.38. The second-order valence-electron chi connectivity index (χ2n) is 8.89. The Morgan fingerprint density at radius 2 is 1.73 bits per heavy atom. The molecule has 1 aromatic heterocycles. The molecule has 0 saturated carbocycles. The molecule has 1 amide bonds. The van der Waals surface area contributed by atoms with Crippen molar-refractivity contribution in [1.29, 1.82) is 0 Å². The van der Waals surface area contributed by atoms with E-state index in [1.807, 2.05) is 56.3 Å². The van der Waals surface area contributed by atoms with Crippen LogP contribution in [0.3, 0.4) is 0 Å². The summed E-state index contributed by atoms with van der Waals surface area (Å²) in [6, 6.07) is 17.7. The van der Waals surface area contributed by atoms with Crippen molar-refractivity contribution >= 4 is 11.5 Å². The number of likely N-dealkylation sites (N-methyl/N-ethyl adjacent to an activating group) is 1. The second-order valence-corrected chi connectivity index (χ2v) is 8.89. The monoisotopic (exact) mass is 445 g/mol. The van der Waals surface area contributed by atoms with Gasteiger partial charge in [0, 0.05) is 27.2 Å². The third-order valence-corrected chi connectivity index (χ3v) is 6.09. The van der Waals surface area contributed by atoms with Gasteiger partial charge in [-0.1, -0.05) is 48.5 Å². The van der Waals surface area contributed by atoms with E-state index in [2.05, 4.69) is 28.2 Å². The van der Waals surface area contributed by atoms with Gasteiger partial charge in [-0.2, -0.15) is 5.10 Å². The summed E-state index contributed by atoms with van der Waals surface area (Å²) >= 11 is 0. The Bertz CT molecular complexity index is 1190. The highest BCUT2D eigenvalue weighted by molar-refractivity contribution is 5.83. The lowest BCUT2D eigenvalue weighted by Gasteiger charge is -2.34. The fourth-order valence-electron chi connectivity index (χ4n) is 4.25. The Hall–Kier alpha value is -3.45. The molecular weight excluding hydrogens is 414 g/mol. The average Bonchev–Trinajstić information content (AvgIpc) is 3.22. The Morgan fingerprint density at radius 3 is 2.27 bits per heavy atom. The molecule has 0 bridgehead atoms. The summed E-state index contributed by atoms with van der Waals surface area (Å²) in [7, 11) is 3.61. The largest absolute Gasteiger partial charge is 0.350 e. The highest BCUT2D eigenvalue weighted by Crippen LogP contribution is 2.29. The van der Waals surface area contributed by atoms with E-state index in [0.717, 1.165) is 29.8 Å². The number of hydrogen-bond donors (Lipinski definition) is 0. The van der Waals surface area contributed by atoms with E-state index < -0.39 is 0 Å². The number of carbonyl (C=O) groups is 1. The van der Waals surface area contributed by atoms with E-state index in [4.69, 9.17) is 0 Å². The van der Waals surface area contributed by atoms with Gasteiger partial charge in [-0.15, -0.1) is 0 Å². The smallest absolute Gasteiger partial charge is 0.347 e. The van der Waals surface area contributed by atoms with Gasteiger partial charge in [0.25, 0.3) is 0 Å². The molecule has 1 atom stereocenters. The summed E-state index contributed by atoms with van der Waals surface area (Å²) in [5.41, 5.74) is 4.08. The molecule has 0 saturated heterocycles. The molecule has 7 heteroatoms. The van der Waals surface area contributed by atoms with Crippen LogP contribution in [0.25, 0.3) is 11.3 Å². The van der Waals surface area contributed by atoms with Crippen LogP contribution in [0, 0.1) is 0 Å². The molecule has 1 aliphatic rings. The van der Waals surface area contributed by atoms with Crippen molar-refractivity contribution in [3.05, 3.63) is 88.6 Å². The molecule has 33 heavy (non-hydrogen) atoms. The third-order valence-electron chi connectivity index (χ3n) is 6.09. The minimum atomic E-state index is -0.286. The van der Waals surface area contributed by atoms with Crippen LogP contribution in [-0.4, -0.2) is 57.2 Å². The van der Waals surface area contributed by atoms with Gasteiger partial charge in [0.05, 0.1) is 11.7 Å². The zero-order chi connectivity index (χ0) is 23.5. The van der Waals surface area contributed by atoms with Crippen LogP contribution in [0.1, 0.15) is 43.5 Å². The van der Waals surface area contributed by atoms with Crippen molar-refractivity contribution in [1.82, 2.24) is 24.1 Å². The van der Waals surface area contributed by atoms with Crippen molar-refractivity contribution < 1.29 is 4.79 Å². The molecular formula is C26H31N5O2. The molecule has 7 nitrogen and oxygen atoms in total. The second kappa shape index (κ2) is 9.58. The van der Waals surface area contributed by atoms with Gasteiger partial charge in [0.1, 0.15) is 12.4 Å². The van der Waals surface area contributed by atoms with Gasteiger partial charge in [-0.3, -0.25) is 9.69 Å². The van der Waals surface area contributed by atoms with Crippen LogP contribution in [-0.2, 0) is 4.79 Å². The van der Waals surface area contributed by atoms with Crippen LogP contribution in [0.15, 0.2) is 71.8 Å². The normalized spacial score (nSPS) is 15.4. The lowest BCUT2D eigenvalue weighted by molar-refractivity contribution is -0.134.